The van der Waals surface area contributed by atoms with Crippen LogP contribution in [-0.4, -0.2) is 35.1 Å². The standard InChI is InChI=1S/C15H19ClN2O3/c1-15(2)6-8-18(9-7-15)14(21)17-11-5-3-4-10(16)12(11)13(19)20/h3-5H,6-9H2,1-2H3,(H,17,21)(H,19,20). The third-order valence-corrected chi connectivity index (χ3v) is 4.19. The molecule has 1 aliphatic heterocycles. The predicted octanol–water partition coefficient (Wildman–Crippen LogP) is 3.69. The molecule has 0 aromatic heterocycles. The van der Waals surface area contributed by atoms with Gasteiger partial charge in [0.05, 0.1) is 10.7 Å². The van der Waals surface area contributed by atoms with Crippen molar-refractivity contribution in [3.05, 3.63) is 28.8 Å². The van der Waals surface area contributed by atoms with Crippen molar-refractivity contribution >= 4 is 29.3 Å². The lowest BCUT2D eigenvalue weighted by Gasteiger charge is -2.36. The number of benzene rings is 1. The molecule has 0 radical (unpaired) electrons. The summed E-state index contributed by atoms with van der Waals surface area (Å²) in [6.07, 6.45) is 1.86. The van der Waals surface area contributed by atoms with Gasteiger partial charge in [0.15, 0.2) is 0 Å². The molecule has 0 atom stereocenters. The Balaban J connectivity index is 2.11. The van der Waals surface area contributed by atoms with Crippen molar-refractivity contribution in [1.29, 1.82) is 0 Å². The number of likely N-dealkylation sites (tertiary alicyclic amines) is 1. The van der Waals surface area contributed by atoms with Gasteiger partial charge in [-0.1, -0.05) is 31.5 Å². The smallest absolute Gasteiger partial charge is 0.339 e. The fourth-order valence-electron chi connectivity index (χ4n) is 2.36. The van der Waals surface area contributed by atoms with Gasteiger partial charge in [0, 0.05) is 13.1 Å². The van der Waals surface area contributed by atoms with Gasteiger partial charge in [-0.2, -0.15) is 0 Å². The number of carbonyl (C=O) groups excluding carboxylic acids is 1. The second kappa shape index (κ2) is 5.93. The van der Waals surface area contributed by atoms with Crippen LogP contribution >= 0.6 is 11.6 Å². The molecule has 1 heterocycles. The van der Waals surface area contributed by atoms with Crippen LogP contribution in [0.4, 0.5) is 10.5 Å². The Bertz CT molecular complexity index is 562. The molecular weight excluding hydrogens is 292 g/mol. The van der Waals surface area contributed by atoms with Crippen LogP contribution in [0.1, 0.15) is 37.0 Å². The van der Waals surface area contributed by atoms with E-state index in [0.717, 1.165) is 12.8 Å². The van der Waals surface area contributed by atoms with Gasteiger partial charge < -0.3 is 15.3 Å². The SMILES string of the molecule is CC1(C)CCN(C(=O)Nc2cccc(Cl)c2C(=O)O)CC1. The molecule has 1 aromatic carbocycles. The lowest BCUT2D eigenvalue weighted by molar-refractivity contribution is 0.0698. The number of halogens is 1. The van der Waals surface area contributed by atoms with Crippen LogP contribution in [0.2, 0.25) is 5.02 Å². The maximum Gasteiger partial charge on any atom is 0.339 e. The molecule has 0 spiro atoms. The number of nitrogens with zero attached hydrogens (tertiary/aromatic N) is 1. The first kappa shape index (κ1) is 15.6. The Hall–Kier alpha value is -1.75. The molecule has 0 bridgehead atoms. The van der Waals surface area contributed by atoms with Gasteiger partial charge in [-0.3, -0.25) is 0 Å². The predicted molar refractivity (Wildman–Crippen MR) is 82.0 cm³/mol. The number of amides is 2. The number of carboxylic acids is 1. The van der Waals surface area contributed by atoms with Crippen LogP contribution < -0.4 is 5.32 Å². The van der Waals surface area contributed by atoms with E-state index in [9.17, 15) is 14.7 Å². The van der Waals surface area contributed by atoms with Crippen LogP contribution in [0.5, 0.6) is 0 Å². The molecule has 6 heteroatoms. The maximum atomic E-state index is 12.2. The molecule has 1 aromatic rings. The van der Waals surface area contributed by atoms with E-state index in [0.29, 0.717) is 13.1 Å². The third kappa shape index (κ3) is 3.67. The monoisotopic (exact) mass is 310 g/mol. The van der Waals surface area contributed by atoms with Gasteiger partial charge in [0.1, 0.15) is 5.56 Å². The van der Waals surface area contributed by atoms with Crippen LogP contribution in [0.15, 0.2) is 18.2 Å². The first-order valence-electron chi connectivity index (χ1n) is 6.88. The van der Waals surface area contributed by atoms with Crippen LogP contribution in [-0.2, 0) is 0 Å². The number of aromatic carboxylic acids is 1. The lowest BCUT2D eigenvalue weighted by Crippen LogP contribution is -2.43. The number of nitrogens with one attached hydrogen (secondary N) is 1. The van der Waals surface area contributed by atoms with E-state index in [4.69, 9.17) is 11.6 Å². The maximum absolute atomic E-state index is 12.2. The van der Waals surface area contributed by atoms with E-state index in [1.165, 1.54) is 6.07 Å². The van der Waals surface area contributed by atoms with Crippen molar-refractivity contribution in [3.8, 4) is 0 Å². The van der Waals surface area contributed by atoms with Gasteiger partial charge in [-0.25, -0.2) is 9.59 Å². The average Bonchev–Trinajstić information content (AvgIpc) is 2.38. The number of carboxylic acid groups (broad SMARTS) is 1. The molecule has 2 rings (SSSR count). The highest BCUT2D eigenvalue weighted by molar-refractivity contribution is 6.34. The highest BCUT2D eigenvalue weighted by Gasteiger charge is 2.28. The summed E-state index contributed by atoms with van der Waals surface area (Å²) in [4.78, 5) is 25.2. The lowest BCUT2D eigenvalue weighted by atomic mass is 9.83. The molecule has 2 amide bonds. The molecule has 21 heavy (non-hydrogen) atoms. The minimum Gasteiger partial charge on any atom is -0.478 e. The quantitative estimate of drug-likeness (QED) is 0.875. The second-order valence-corrected chi connectivity index (χ2v) is 6.46. The molecular formula is C15H19ClN2O3. The number of hydrogen-bond acceptors (Lipinski definition) is 2. The Kier molecular flexibility index (Phi) is 4.42. The zero-order valence-electron chi connectivity index (χ0n) is 12.1. The van der Waals surface area contributed by atoms with Crippen LogP contribution in [0.25, 0.3) is 0 Å². The van der Waals surface area contributed by atoms with Crippen LogP contribution in [0.3, 0.4) is 0 Å². The summed E-state index contributed by atoms with van der Waals surface area (Å²) in [5, 5.41) is 12.0. The minimum atomic E-state index is -1.16. The number of anilines is 1. The molecule has 1 fully saturated rings. The Morgan fingerprint density at radius 2 is 1.90 bits per heavy atom. The first-order valence-corrected chi connectivity index (χ1v) is 7.26. The summed E-state index contributed by atoms with van der Waals surface area (Å²) in [7, 11) is 0. The fraction of sp³-hybridized carbons (Fsp3) is 0.467. The van der Waals surface area contributed by atoms with Crippen LogP contribution in [0, 0.1) is 5.41 Å². The second-order valence-electron chi connectivity index (χ2n) is 6.05. The van der Waals surface area contributed by atoms with E-state index >= 15 is 0 Å². The molecule has 114 valence electrons. The Morgan fingerprint density at radius 1 is 1.29 bits per heavy atom. The van der Waals surface area contributed by atoms with Gasteiger partial charge in [0.2, 0.25) is 0 Å². The van der Waals surface area contributed by atoms with E-state index in [1.807, 2.05) is 0 Å². The molecule has 0 unspecified atom stereocenters. The van der Waals surface area contributed by atoms with Gasteiger partial charge in [-0.15, -0.1) is 0 Å². The number of hydrogen-bond donors (Lipinski definition) is 2. The summed E-state index contributed by atoms with van der Waals surface area (Å²) in [6, 6.07) is 4.37. The van der Waals surface area contributed by atoms with E-state index in [2.05, 4.69) is 19.2 Å². The van der Waals surface area contributed by atoms with E-state index in [-0.39, 0.29) is 27.7 Å². The van der Waals surface area contributed by atoms with Gasteiger partial charge >= 0.3 is 12.0 Å². The molecule has 0 saturated carbocycles. The number of urea groups is 1. The minimum absolute atomic E-state index is 0.0788. The number of carbonyl (C=O) groups is 2. The van der Waals surface area contributed by atoms with E-state index in [1.54, 1.807) is 17.0 Å². The molecule has 2 N–H and O–H groups in total. The van der Waals surface area contributed by atoms with Crippen molar-refractivity contribution in [3.63, 3.8) is 0 Å². The van der Waals surface area contributed by atoms with Crippen molar-refractivity contribution in [1.82, 2.24) is 4.90 Å². The Morgan fingerprint density at radius 3 is 2.48 bits per heavy atom. The zero-order chi connectivity index (χ0) is 15.6. The number of piperidine rings is 1. The highest BCUT2D eigenvalue weighted by Crippen LogP contribution is 2.30. The number of rotatable bonds is 2. The van der Waals surface area contributed by atoms with Crippen molar-refractivity contribution in [2.45, 2.75) is 26.7 Å². The topological polar surface area (TPSA) is 69.6 Å². The van der Waals surface area contributed by atoms with Crippen molar-refractivity contribution < 1.29 is 14.7 Å². The molecule has 0 aliphatic carbocycles. The fourth-order valence-corrected chi connectivity index (χ4v) is 2.61. The summed E-state index contributed by atoms with van der Waals surface area (Å²) < 4.78 is 0. The van der Waals surface area contributed by atoms with E-state index < -0.39 is 5.97 Å². The zero-order valence-corrected chi connectivity index (χ0v) is 12.9. The normalized spacial score (nSPS) is 17.4. The summed E-state index contributed by atoms with van der Waals surface area (Å²) >= 11 is 5.89. The molecule has 5 nitrogen and oxygen atoms in total. The molecule has 1 saturated heterocycles. The summed E-state index contributed by atoms with van der Waals surface area (Å²) in [5.41, 5.74) is 0.397. The summed E-state index contributed by atoms with van der Waals surface area (Å²) in [5.74, 6) is -1.16. The largest absolute Gasteiger partial charge is 0.478 e. The van der Waals surface area contributed by atoms with Crippen molar-refractivity contribution in [2.75, 3.05) is 18.4 Å². The third-order valence-electron chi connectivity index (χ3n) is 3.87. The van der Waals surface area contributed by atoms with Crippen molar-refractivity contribution in [2.24, 2.45) is 5.41 Å². The van der Waals surface area contributed by atoms with Gasteiger partial charge in [0.25, 0.3) is 0 Å². The molecule has 1 aliphatic rings. The van der Waals surface area contributed by atoms with Gasteiger partial charge in [-0.05, 0) is 30.4 Å². The first-order chi connectivity index (χ1) is 9.80. The summed E-state index contributed by atoms with van der Waals surface area (Å²) in [6.45, 7) is 5.70. The Labute approximate surface area is 128 Å². The average molecular weight is 311 g/mol. The highest BCUT2D eigenvalue weighted by atomic mass is 35.5.